The molecule has 0 radical (unpaired) electrons. The summed E-state index contributed by atoms with van der Waals surface area (Å²) in [6.45, 7) is 1.52. The third kappa shape index (κ3) is 5.08. The average molecular weight is 384 g/mol. The van der Waals surface area contributed by atoms with Gasteiger partial charge in [-0.15, -0.1) is 0 Å². The Bertz CT molecular complexity index is 987. The minimum absolute atomic E-state index is 0.431. The first kappa shape index (κ1) is 19.8. The Morgan fingerprint density at radius 1 is 0.897 bits per heavy atom. The molecule has 0 heterocycles. The maximum Gasteiger partial charge on any atom is 0.318 e. The minimum Gasteiger partial charge on any atom is -0.452 e. The highest BCUT2D eigenvalue weighted by Crippen LogP contribution is 2.26. The number of benzene rings is 3. The molecule has 1 amide bonds. The molecule has 0 unspecified atom stereocenters. The van der Waals surface area contributed by atoms with Crippen molar-refractivity contribution in [3.8, 4) is 6.07 Å². The number of carbonyl (C=O) groups is 2. The summed E-state index contributed by atoms with van der Waals surface area (Å²) in [6.07, 6.45) is -0.997. The van der Waals surface area contributed by atoms with E-state index in [9.17, 15) is 9.59 Å². The van der Waals surface area contributed by atoms with Crippen molar-refractivity contribution < 1.29 is 14.3 Å². The highest BCUT2D eigenvalue weighted by atomic mass is 16.5. The SMILES string of the molecule is C[C@@H](OC(=O)C(c1ccccc1)c1ccccc1)C(=O)Nc1cccc(C#N)c1. The molecule has 1 N–H and O–H groups in total. The molecule has 3 aromatic rings. The van der Waals surface area contributed by atoms with Crippen LogP contribution in [0.25, 0.3) is 0 Å². The van der Waals surface area contributed by atoms with Crippen molar-refractivity contribution in [2.45, 2.75) is 18.9 Å². The van der Waals surface area contributed by atoms with E-state index in [1.54, 1.807) is 24.3 Å². The molecule has 0 aliphatic rings. The van der Waals surface area contributed by atoms with Gasteiger partial charge in [-0.25, -0.2) is 0 Å². The van der Waals surface area contributed by atoms with E-state index in [1.807, 2.05) is 66.7 Å². The normalized spacial score (nSPS) is 11.3. The largest absolute Gasteiger partial charge is 0.452 e. The van der Waals surface area contributed by atoms with Crippen LogP contribution in [-0.2, 0) is 14.3 Å². The van der Waals surface area contributed by atoms with Gasteiger partial charge in [-0.05, 0) is 36.2 Å². The second-order valence-corrected chi connectivity index (χ2v) is 6.52. The summed E-state index contributed by atoms with van der Waals surface area (Å²) in [5, 5.41) is 11.6. The van der Waals surface area contributed by atoms with Crippen LogP contribution in [0.2, 0.25) is 0 Å². The number of nitriles is 1. The zero-order chi connectivity index (χ0) is 20.6. The molecule has 5 nitrogen and oxygen atoms in total. The van der Waals surface area contributed by atoms with Crippen LogP contribution >= 0.6 is 0 Å². The number of rotatable bonds is 6. The second kappa shape index (κ2) is 9.34. The van der Waals surface area contributed by atoms with Gasteiger partial charge in [-0.1, -0.05) is 66.7 Å². The van der Waals surface area contributed by atoms with Gasteiger partial charge in [-0.2, -0.15) is 5.26 Å². The first-order chi connectivity index (χ1) is 14.1. The van der Waals surface area contributed by atoms with Crippen molar-refractivity contribution in [1.82, 2.24) is 0 Å². The van der Waals surface area contributed by atoms with Gasteiger partial charge >= 0.3 is 5.97 Å². The quantitative estimate of drug-likeness (QED) is 0.644. The van der Waals surface area contributed by atoms with E-state index in [0.29, 0.717) is 11.3 Å². The van der Waals surface area contributed by atoms with Gasteiger partial charge in [0.05, 0.1) is 11.6 Å². The summed E-state index contributed by atoms with van der Waals surface area (Å²) in [5.74, 6) is -1.60. The summed E-state index contributed by atoms with van der Waals surface area (Å²) >= 11 is 0. The zero-order valence-electron chi connectivity index (χ0n) is 15.9. The summed E-state index contributed by atoms with van der Waals surface area (Å²) in [4.78, 5) is 25.4. The van der Waals surface area contributed by atoms with Gasteiger partial charge in [-0.3, -0.25) is 9.59 Å². The number of anilines is 1. The topological polar surface area (TPSA) is 79.2 Å². The molecule has 1 atom stereocenters. The Labute approximate surface area is 169 Å². The van der Waals surface area contributed by atoms with Crippen molar-refractivity contribution in [3.05, 3.63) is 102 Å². The van der Waals surface area contributed by atoms with E-state index in [-0.39, 0.29) is 0 Å². The Hall–Kier alpha value is -3.91. The second-order valence-electron chi connectivity index (χ2n) is 6.52. The van der Waals surface area contributed by atoms with E-state index >= 15 is 0 Å². The Morgan fingerprint density at radius 3 is 2.03 bits per heavy atom. The predicted molar refractivity (Wildman–Crippen MR) is 110 cm³/mol. The van der Waals surface area contributed by atoms with Gasteiger partial charge in [0.2, 0.25) is 0 Å². The van der Waals surface area contributed by atoms with Gasteiger partial charge < -0.3 is 10.1 Å². The minimum atomic E-state index is -0.997. The summed E-state index contributed by atoms with van der Waals surface area (Å²) in [7, 11) is 0. The number of carbonyl (C=O) groups excluding carboxylic acids is 2. The van der Waals surface area contributed by atoms with E-state index in [0.717, 1.165) is 11.1 Å². The van der Waals surface area contributed by atoms with Gasteiger partial charge in [0.1, 0.15) is 5.92 Å². The number of nitrogens with zero attached hydrogens (tertiary/aromatic N) is 1. The number of nitrogens with one attached hydrogen (secondary N) is 1. The van der Waals surface area contributed by atoms with Gasteiger partial charge in [0.15, 0.2) is 6.10 Å². The lowest BCUT2D eigenvalue weighted by molar-refractivity contribution is -0.153. The fraction of sp³-hybridized carbons (Fsp3) is 0.125. The van der Waals surface area contributed by atoms with Crippen LogP contribution < -0.4 is 5.32 Å². The molecule has 0 fully saturated rings. The monoisotopic (exact) mass is 384 g/mol. The number of esters is 1. The van der Waals surface area contributed by atoms with Crippen LogP contribution in [-0.4, -0.2) is 18.0 Å². The number of amides is 1. The number of hydrogen-bond acceptors (Lipinski definition) is 4. The molecule has 0 saturated heterocycles. The zero-order valence-corrected chi connectivity index (χ0v) is 15.9. The lowest BCUT2D eigenvalue weighted by Gasteiger charge is -2.20. The molecular formula is C24H20N2O3. The third-order valence-corrected chi connectivity index (χ3v) is 4.42. The fourth-order valence-electron chi connectivity index (χ4n) is 2.96. The molecular weight excluding hydrogens is 364 g/mol. The lowest BCUT2D eigenvalue weighted by Crippen LogP contribution is -2.32. The molecule has 5 heteroatoms. The van der Waals surface area contributed by atoms with Crippen molar-refractivity contribution in [1.29, 1.82) is 5.26 Å². The van der Waals surface area contributed by atoms with Crippen molar-refractivity contribution >= 4 is 17.6 Å². The molecule has 0 aliphatic carbocycles. The van der Waals surface area contributed by atoms with Crippen LogP contribution in [0.1, 0.15) is 29.5 Å². The molecule has 0 aliphatic heterocycles. The van der Waals surface area contributed by atoms with Crippen LogP contribution in [0, 0.1) is 11.3 Å². The van der Waals surface area contributed by atoms with Gasteiger partial charge in [0.25, 0.3) is 5.91 Å². The first-order valence-electron chi connectivity index (χ1n) is 9.20. The van der Waals surface area contributed by atoms with Crippen molar-refractivity contribution in [2.24, 2.45) is 0 Å². The van der Waals surface area contributed by atoms with Crippen molar-refractivity contribution in [3.63, 3.8) is 0 Å². The highest BCUT2D eigenvalue weighted by molar-refractivity contribution is 5.96. The maximum atomic E-state index is 13.0. The standard InChI is InChI=1S/C24H20N2O3/c1-17(23(27)26-21-14-8-9-18(15-21)16-25)29-24(28)22(19-10-4-2-5-11-19)20-12-6-3-7-13-20/h2-15,17,22H,1H3,(H,26,27)/t17-/m1/s1. The smallest absolute Gasteiger partial charge is 0.318 e. The molecule has 0 aromatic heterocycles. The fourth-order valence-corrected chi connectivity index (χ4v) is 2.96. The number of hydrogen-bond donors (Lipinski definition) is 1. The van der Waals surface area contributed by atoms with Crippen LogP contribution in [0.15, 0.2) is 84.9 Å². The Morgan fingerprint density at radius 2 is 1.48 bits per heavy atom. The molecule has 144 valence electrons. The predicted octanol–water partition coefficient (Wildman–Crippen LogP) is 4.26. The maximum absolute atomic E-state index is 13.0. The molecule has 0 saturated carbocycles. The van der Waals surface area contributed by atoms with E-state index < -0.39 is 23.9 Å². The van der Waals surface area contributed by atoms with E-state index in [2.05, 4.69) is 5.32 Å². The Kier molecular flexibility index (Phi) is 6.39. The van der Waals surface area contributed by atoms with E-state index in [4.69, 9.17) is 10.00 Å². The molecule has 29 heavy (non-hydrogen) atoms. The average Bonchev–Trinajstić information content (AvgIpc) is 2.75. The van der Waals surface area contributed by atoms with Crippen LogP contribution in [0.4, 0.5) is 5.69 Å². The van der Waals surface area contributed by atoms with E-state index in [1.165, 1.54) is 6.92 Å². The summed E-state index contributed by atoms with van der Waals surface area (Å²) < 4.78 is 5.50. The van der Waals surface area contributed by atoms with Crippen LogP contribution in [0.3, 0.4) is 0 Å². The summed E-state index contributed by atoms with van der Waals surface area (Å²) in [6, 6.07) is 27.2. The first-order valence-corrected chi connectivity index (χ1v) is 9.20. The van der Waals surface area contributed by atoms with Crippen molar-refractivity contribution in [2.75, 3.05) is 5.32 Å². The number of ether oxygens (including phenoxy) is 1. The lowest BCUT2D eigenvalue weighted by atomic mass is 9.91. The third-order valence-electron chi connectivity index (χ3n) is 4.42. The molecule has 3 rings (SSSR count). The van der Waals surface area contributed by atoms with Gasteiger partial charge in [0, 0.05) is 5.69 Å². The highest BCUT2D eigenvalue weighted by Gasteiger charge is 2.27. The molecule has 0 bridgehead atoms. The van der Waals surface area contributed by atoms with Crippen LogP contribution in [0.5, 0.6) is 0 Å². The Balaban J connectivity index is 1.75. The molecule has 0 spiro atoms. The summed E-state index contributed by atoms with van der Waals surface area (Å²) in [5.41, 5.74) is 2.48. The molecule has 3 aromatic carbocycles.